The molecular formula is C30H22N2O6. The van der Waals surface area contributed by atoms with E-state index in [2.05, 4.69) is 0 Å². The molecule has 8 nitrogen and oxygen atoms in total. The summed E-state index contributed by atoms with van der Waals surface area (Å²) in [6.07, 6.45) is 0. The Morgan fingerprint density at radius 1 is 0.868 bits per heavy atom. The zero-order valence-corrected chi connectivity index (χ0v) is 20.1. The van der Waals surface area contributed by atoms with Gasteiger partial charge in [0.1, 0.15) is 18.1 Å². The van der Waals surface area contributed by atoms with Crippen LogP contribution in [-0.2, 0) is 16.2 Å². The smallest absolute Gasteiger partial charge is 0.300 e. The summed E-state index contributed by atoms with van der Waals surface area (Å²) in [6, 6.07) is 29.6. The average Bonchev–Trinajstić information content (AvgIpc) is 3.22. The van der Waals surface area contributed by atoms with Crippen LogP contribution in [0.5, 0.6) is 5.75 Å². The number of ether oxygens (including phenoxy) is 1. The molecule has 1 N–H and O–H groups in total. The van der Waals surface area contributed by atoms with Crippen LogP contribution in [0.2, 0.25) is 0 Å². The number of aliphatic hydroxyl groups is 1. The lowest BCUT2D eigenvalue weighted by atomic mass is 9.95. The highest BCUT2D eigenvalue weighted by atomic mass is 16.6. The van der Waals surface area contributed by atoms with E-state index in [0.717, 1.165) is 5.56 Å². The van der Waals surface area contributed by atoms with Crippen molar-refractivity contribution in [2.75, 3.05) is 4.90 Å². The zero-order valence-electron chi connectivity index (χ0n) is 20.1. The summed E-state index contributed by atoms with van der Waals surface area (Å²) in [5.41, 5.74) is 1.92. The predicted octanol–water partition coefficient (Wildman–Crippen LogP) is 5.80. The van der Waals surface area contributed by atoms with Crippen molar-refractivity contribution in [2.24, 2.45) is 0 Å². The number of rotatable bonds is 7. The molecule has 4 aromatic carbocycles. The molecule has 1 amide bonds. The highest BCUT2D eigenvalue weighted by Crippen LogP contribution is 2.42. The number of nitro benzene ring substituents is 1. The van der Waals surface area contributed by atoms with Crippen LogP contribution in [0.15, 0.2) is 115 Å². The average molecular weight is 507 g/mol. The van der Waals surface area contributed by atoms with Crippen molar-refractivity contribution in [2.45, 2.75) is 12.6 Å². The first-order chi connectivity index (χ1) is 18.4. The van der Waals surface area contributed by atoms with Gasteiger partial charge in [0, 0.05) is 23.4 Å². The van der Waals surface area contributed by atoms with E-state index in [1.807, 2.05) is 30.3 Å². The molecule has 1 aliphatic rings. The fourth-order valence-corrected chi connectivity index (χ4v) is 4.41. The minimum Gasteiger partial charge on any atom is -0.507 e. The van der Waals surface area contributed by atoms with Gasteiger partial charge in [-0.1, -0.05) is 60.7 Å². The number of Topliss-reactive ketones (excluding diaryl/α,β-unsaturated/α-hetero) is 1. The van der Waals surface area contributed by atoms with Crippen molar-refractivity contribution >= 4 is 28.8 Å². The Kier molecular flexibility index (Phi) is 6.69. The molecule has 1 saturated heterocycles. The van der Waals surface area contributed by atoms with Crippen molar-refractivity contribution in [1.82, 2.24) is 0 Å². The molecule has 0 aromatic heterocycles. The van der Waals surface area contributed by atoms with Crippen LogP contribution in [0, 0.1) is 10.1 Å². The van der Waals surface area contributed by atoms with E-state index in [1.54, 1.807) is 54.6 Å². The number of ketones is 1. The van der Waals surface area contributed by atoms with Gasteiger partial charge in [-0.15, -0.1) is 0 Å². The molecule has 5 rings (SSSR count). The third-order valence-corrected chi connectivity index (χ3v) is 6.25. The molecule has 8 heteroatoms. The quantitative estimate of drug-likeness (QED) is 0.112. The summed E-state index contributed by atoms with van der Waals surface area (Å²) in [7, 11) is 0. The van der Waals surface area contributed by atoms with E-state index in [4.69, 9.17) is 4.74 Å². The number of hydrogen-bond acceptors (Lipinski definition) is 6. The summed E-state index contributed by atoms with van der Waals surface area (Å²) in [6.45, 7) is 0.325. The van der Waals surface area contributed by atoms with Crippen LogP contribution in [-0.4, -0.2) is 21.7 Å². The van der Waals surface area contributed by atoms with E-state index >= 15 is 0 Å². The Labute approximate surface area is 218 Å². The number of aliphatic hydroxyl groups excluding tert-OH is 1. The Morgan fingerprint density at radius 2 is 1.53 bits per heavy atom. The van der Waals surface area contributed by atoms with E-state index in [0.29, 0.717) is 23.6 Å². The van der Waals surface area contributed by atoms with E-state index < -0.39 is 28.4 Å². The van der Waals surface area contributed by atoms with Gasteiger partial charge in [-0.05, 0) is 47.5 Å². The summed E-state index contributed by atoms with van der Waals surface area (Å²) < 4.78 is 5.97. The molecule has 1 atom stereocenters. The van der Waals surface area contributed by atoms with Crippen molar-refractivity contribution < 1.29 is 24.4 Å². The Hall–Kier alpha value is -5.24. The first kappa shape index (κ1) is 24.5. The third kappa shape index (κ3) is 4.75. The minimum absolute atomic E-state index is 0.118. The van der Waals surface area contributed by atoms with Gasteiger partial charge in [-0.3, -0.25) is 24.6 Å². The number of carbonyl (C=O) groups is 2. The van der Waals surface area contributed by atoms with E-state index in [-0.39, 0.29) is 16.8 Å². The number of carbonyl (C=O) groups excluding carboxylic acids is 2. The van der Waals surface area contributed by atoms with Crippen molar-refractivity contribution in [3.05, 3.63) is 142 Å². The SMILES string of the molecule is O=C1C(=O)N(c2ccccc2)C(c2cccc(OCc3ccccc3)c2)/C1=C(\O)c1ccc([N+](=O)[O-])cc1. The van der Waals surface area contributed by atoms with Crippen molar-refractivity contribution in [3.63, 3.8) is 0 Å². The van der Waals surface area contributed by atoms with Crippen LogP contribution >= 0.6 is 0 Å². The molecule has 4 aromatic rings. The fourth-order valence-electron chi connectivity index (χ4n) is 4.41. The van der Waals surface area contributed by atoms with Crippen LogP contribution in [0.3, 0.4) is 0 Å². The number of non-ortho nitro benzene ring substituents is 1. The molecule has 0 spiro atoms. The molecule has 188 valence electrons. The van der Waals surface area contributed by atoms with Gasteiger partial charge >= 0.3 is 0 Å². The maximum Gasteiger partial charge on any atom is 0.300 e. The number of anilines is 1. The Balaban J connectivity index is 1.59. The largest absolute Gasteiger partial charge is 0.507 e. The molecule has 0 bridgehead atoms. The number of para-hydroxylation sites is 1. The molecule has 0 aliphatic carbocycles. The molecule has 1 heterocycles. The van der Waals surface area contributed by atoms with E-state index in [1.165, 1.54) is 29.2 Å². The normalized spacial score (nSPS) is 16.4. The summed E-state index contributed by atoms with van der Waals surface area (Å²) in [5.74, 6) is -1.54. The van der Waals surface area contributed by atoms with Gasteiger partial charge < -0.3 is 9.84 Å². The summed E-state index contributed by atoms with van der Waals surface area (Å²) in [4.78, 5) is 38.4. The van der Waals surface area contributed by atoms with Gasteiger partial charge in [-0.2, -0.15) is 0 Å². The van der Waals surface area contributed by atoms with Gasteiger partial charge in [0.05, 0.1) is 16.5 Å². The second-order valence-electron chi connectivity index (χ2n) is 8.66. The predicted molar refractivity (Wildman–Crippen MR) is 142 cm³/mol. The molecule has 1 aliphatic heterocycles. The van der Waals surface area contributed by atoms with Gasteiger partial charge in [-0.25, -0.2) is 0 Å². The van der Waals surface area contributed by atoms with Crippen LogP contribution in [0.25, 0.3) is 5.76 Å². The van der Waals surface area contributed by atoms with E-state index in [9.17, 15) is 24.8 Å². The maximum atomic E-state index is 13.3. The van der Waals surface area contributed by atoms with Gasteiger partial charge in [0.15, 0.2) is 0 Å². The number of nitrogens with zero attached hydrogens (tertiary/aromatic N) is 2. The standard InChI is InChI=1S/C30H22N2O6/c33-28(21-14-16-24(17-15-21)32(36)37)26-27(31(30(35)29(26)34)23-11-5-2-6-12-23)22-10-7-13-25(18-22)38-19-20-8-3-1-4-9-20/h1-18,27,33H,19H2/b28-26+. The summed E-state index contributed by atoms with van der Waals surface area (Å²) in [5, 5.41) is 22.3. The second-order valence-corrected chi connectivity index (χ2v) is 8.66. The fraction of sp³-hybridized carbons (Fsp3) is 0.0667. The number of amides is 1. The lowest BCUT2D eigenvalue weighted by Crippen LogP contribution is -2.29. The van der Waals surface area contributed by atoms with Gasteiger partial charge in [0.2, 0.25) is 0 Å². The maximum absolute atomic E-state index is 13.3. The van der Waals surface area contributed by atoms with Crippen molar-refractivity contribution in [1.29, 1.82) is 0 Å². The van der Waals surface area contributed by atoms with Crippen LogP contribution in [0.1, 0.15) is 22.7 Å². The van der Waals surface area contributed by atoms with Gasteiger partial charge in [0.25, 0.3) is 17.4 Å². The highest BCUT2D eigenvalue weighted by Gasteiger charge is 2.47. The lowest BCUT2D eigenvalue weighted by Gasteiger charge is -2.25. The molecule has 0 saturated carbocycles. The highest BCUT2D eigenvalue weighted by molar-refractivity contribution is 6.51. The zero-order chi connectivity index (χ0) is 26.6. The molecule has 1 fully saturated rings. The second kappa shape index (κ2) is 10.4. The number of nitro groups is 1. The molecule has 0 radical (unpaired) electrons. The first-order valence-corrected chi connectivity index (χ1v) is 11.8. The minimum atomic E-state index is -0.951. The van der Waals surface area contributed by atoms with Crippen LogP contribution in [0.4, 0.5) is 11.4 Å². The topological polar surface area (TPSA) is 110 Å². The first-order valence-electron chi connectivity index (χ1n) is 11.8. The Bertz CT molecular complexity index is 1530. The molecule has 1 unspecified atom stereocenters. The number of benzene rings is 4. The third-order valence-electron chi connectivity index (χ3n) is 6.25. The lowest BCUT2D eigenvalue weighted by molar-refractivity contribution is -0.384. The van der Waals surface area contributed by atoms with Crippen LogP contribution < -0.4 is 9.64 Å². The number of hydrogen-bond donors (Lipinski definition) is 1. The molecular weight excluding hydrogens is 484 g/mol. The van der Waals surface area contributed by atoms with Crippen molar-refractivity contribution in [3.8, 4) is 5.75 Å². The monoisotopic (exact) mass is 506 g/mol. The summed E-state index contributed by atoms with van der Waals surface area (Å²) >= 11 is 0. The Morgan fingerprint density at radius 3 is 2.18 bits per heavy atom. The molecule has 38 heavy (non-hydrogen) atoms.